The van der Waals surface area contributed by atoms with Crippen LogP contribution < -0.4 is 11.1 Å². The zero-order valence-electron chi connectivity index (χ0n) is 15.4. The zero-order chi connectivity index (χ0) is 17.8. The summed E-state index contributed by atoms with van der Waals surface area (Å²) in [4.78, 5) is 10.9. The van der Waals surface area contributed by atoms with Gasteiger partial charge in [0.2, 0.25) is 5.91 Å². The van der Waals surface area contributed by atoms with E-state index >= 15 is 0 Å². The van der Waals surface area contributed by atoms with Crippen molar-refractivity contribution in [3.05, 3.63) is 23.9 Å². The monoisotopic (exact) mass is 299 g/mol. The van der Waals surface area contributed by atoms with Gasteiger partial charge in [0.05, 0.1) is 0 Å². The van der Waals surface area contributed by atoms with E-state index in [2.05, 4.69) is 18.8 Å². The molecule has 0 aliphatic carbocycles. The van der Waals surface area contributed by atoms with Gasteiger partial charge in [-0.15, -0.1) is 0 Å². The fraction of sp³-hybridized carbons (Fsp3) is 0.647. The molecular weight excluding hydrogens is 262 g/mol. The Kier molecular flexibility index (Phi) is 31.0. The molecule has 4 nitrogen and oxygen atoms in total. The topological polar surface area (TPSA) is 79.0 Å². The van der Waals surface area contributed by atoms with Crippen molar-refractivity contribution in [2.45, 2.75) is 74.7 Å². The Morgan fingerprint density at radius 2 is 1.62 bits per heavy atom. The maximum absolute atomic E-state index is 10.9. The lowest BCUT2D eigenvalue weighted by Gasteiger charge is -2.08. The molecule has 0 aromatic heterocycles. The minimum atomic E-state index is -0.117. The minimum absolute atomic E-state index is 0.0747. The molecule has 0 fully saturated rings. The second-order valence-electron chi connectivity index (χ2n) is 3.39. The van der Waals surface area contributed by atoms with Gasteiger partial charge in [0.15, 0.2) is 0 Å². The number of carbonyl (C=O) groups is 1. The Hall–Kier alpha value is -1.58. The minimum Gasteiger partial charge on any atom is -0.384 e. The van der Waals surface area contributed by atoms with Gasteiger partial charge in [-0.1, -0.05) is 61.5 Å². The molecule has 4 N–H and O–H groups in total. The summed E-state index contributed by atoms with van der Waals surface area (Å²) in [6.45, 7) is 19.2. The lowest BCUT2D eigenvalue weighted by Crippen LogP contribution is -2.20. The molecule has 0 aliphatic heterocycles. The number of amidine groups is 1. The molecular formula is C17H37N3O. The molecule has 0 rings (SSSR count). The summed E-state index contributed by atoms with van der Waals surface area (Å²) in [6.07, 6.45) is 4.45. The Morgan fingerprint density at radius 3 is 1.90 bits per heavy atom. The molecule has 0 aromatic carbocycles. The standard InChI is InChI=1S/C11H19N3O.3C2H6/c1-4-5-6-10(14-9(3)15)7-8(2)11(12)13;3*1-2/h7H,2,4-6H2,1,3H3,(H3,12,13)(H,14,15);3*1-2H3/b10-7+;;;. The van der Waals surface area contributed by atoms with Crippen molar-refractivity contribution in [3.63, 3.8) is 0 Å². The number of hydrogen-bond acceptors (Lipinski definition) is 2. The van der Waals surface area contributed by atoms with E-state index in [9.17, 15) is 4.79 Å². The first-order valence-electron chi connectivity index (χ1n) is 7.98. The van der Waals surface area contributed by atoms with Crippen LogP contribution in [-0.4, -0.2) is 11.7 Å². The predicted molar refractivity (Wildman–Crippen MR) is 96.5 cm³/mol. The highest BCUT2D eigenvalue weighted by Gasteiger charge is 2.01. The van der Waals surface area contributed by atoms with Crippen molar-refractivity contribution in [2.75, 3.05) is 0 Å². The van der Waals surface area contributed by atoms with Gasteiger partial charge in [-0.25, -0.2) is 0 Å². The van der Waals surface area contributed by atoms with Crippen molar-refractivity contribution in [3.8, 4) is 0 Å². The lowest BCUT2D eigenvalue weighted by molar-refractivity contribution is -0.118. The molecule has 21 heavy (non-hydrogen) atoms. The lowest BCUT2D eigenvalue weighted by atomic mass is 10.1. The molecule has 1 amide bonds. The van der Waals surface area contributed by atoms with E-state index in [1.807, 2.05) is 41.5 Å². The van der Waals surface area contributed by atoms with Crippen LogP contribution in [0.2, 0.25) is 0 Å². The van der Waals surface area contributed by atoms with Gasteiger partial charge in [0.25, 0.3) is 0 Å². The van der Waals surface area contributed by atoms with Crippen LogP contribution in [-0.2, 0) is 4.79 Å². The predicted octanol–water partition coefficient (Wildman–Crippen LogP) is 4.77. The molecule has 4 heteroatoms. The number of hydrogen-bond donors (Lipinski definition) is 3. The smallest absolute Gasteiger partial charge is 0.220 e. The fourth-order valence-corrected chi connectivity index (χ4v) is 1.05. The van der Waals surface area contributed by atoms with Crippen molar-refractivity contribution in [1.82, 2.24) is 5.32 Å². The van der Waals surface area contributed by atoms with Crippen LogP contribution in [0, 0.1) is 5.41 Å². The molecule has 0 aromatic rings. The number of carbonyl (C=O) groups excluding carboxylic acids is 1. The molecule has 0 unspecified atom stereocenters. The Morgan fingerprint density at radius 1 is 1.19 bits per heavy atom. The summed E-state index contributed by atoms with van der Waals surface area (Å²) in [5.74, 6) is -0.192. The zero-order valence-corrected chi connectivity index (χ0v) is 15.4. The van der Waals surface area contributed by atoms with Crippen LogP contribution >= 0.6 is 0 Å². The van der Waals surface area contributed by atoms with E-state index in [0.29, 0.717) is 5.57 Å². The summed E-state index contributed by atoms with van der Waals surface area (Å²) in [6, 6.07) is 0. The maximum Gasteiger partial charge on any atom is 0.220 e. The normalized spacial score (nSPS) is 8.67. The summed E-state index contributed by atoms with van der Waals surface area (Å²) >= 11 is 0. The van der Waals surface area contributed by atoms with Gasteiger partial charge >= 0.3 is 0 Å². The number of allylic oxidation sites excluding steroid dienone is 1. The highest BCUT2D eigenvalue weighted by atomic mass is 16.1. The molecule has 0 saturated carbocycles. The number of rotatable bonds is 6. The van der Waals surface area contributed by atoms with E-state index in [-0.39, 0.29) is 11.7 Å². The molecule has 0 radical (unpaired) electrons. The number of nitrogens with two attached hydrogens (primary N) is 1. The Labute approximate surface area is 132 Å². The molecule has 0 spiro atoms. The second-order valence-corrected chi connectivity index (χ2v) is 3.39. The van der Waals surface area contributed by atoms with E-state index in [1.54, 1.807) is 6.08 Å². The summed E-state index contributed by atoms with van der Waals surface area (Å²) < 4.78 is 0. The molecule has 0 atom stereocenters. The molecule has 126 valence electrons. The number of nitrogens with one attached hydrogen (secondary N) is 2. The average Bonchev–Trinajstić information content (AvgIpc) is 2.50. The maximum atomic E-state index is 10.9. The number of unbranched alkanes of at least 4 members (excludes halogenated alkanes) is 1. The van der Waals surface area contributed by atoms with Crippen molar-refractivity contribution < 1.29 is 4.79 Å². The average molecular weight is 300 g/mol. The van der Waals surface area contributed by atoms with Crippen LogP contribution in [0.15, 0.2) is 23.9 Å². The third-order valence-corrected chi connectivity index (χ3v) is 1.83. The van der Waals surface area contributed by atoms with E-state index in [4.69, 9.17) is 11.1 Å². The SMILES string of the molecule is C=C(/C=C(\CCCC)NC(C)=O)C(=N)N.CC.CC.CC. The van der Waals surface area contributed by atoms with Crippen LogP contribution in [0.25, 0.3) is 0 Å². The van der Waals surface area contributed by atoms with Crippen LogP contribution in [0.3, 0.4) is 0 Å². The third-order valence-electron chi connectivity index (χ3n) is 1.83. The van der Waals surface area contributed by atoms with Crippen molar-refractivity contribution >= 4 is 11.7 Å². The van der Waals surface area contributed by atoms with Gasteiger partial charge in [-0.2, -0.15) is 0 Å². The van der Waals surface area contributed by atoms with Crippen molar-refractivity contribution in [2.24, 2.45) is 5.73 Å². The van der Waals surface area contributed by atoms with Crippen LogP contribution in [0.5, 0.6) is 0 Å². The molecule has 0 saturated heterocycles. The highest BCUT2D eigenvalue weighted by molar-refractivity contribution is 5.96. The summed E-state index contributed by atoms with van der Waals surface area (Å²) in [5, 5.41) is 9.88. The van der Waals surface area contributed by atoms with Crippen LogP contribution in [0.1, 0.15) is 74.7 Å². The summed E-state index contributed by atoms with van der Waals surface area (Å²) in [7, 11) is 0. The largest absolute Gasteiger partial charge is 0.384 e. The highest BCUT2D eigenvalue weighted by Crippen LogP contribution is 2.07. The van der Waals surface area contributed by atoms with E-state index in [1.165, 1.54) is 6.92 Å². The van der Waals surface area contributed by atoms with E-state index < -0.39 is 0 Å². The molecule has 0 bridgehead atoms. The fourth-order valence-electron chi connectivity index (χ4n) is 1.05. The number of amides is 1. The quantitative estimate of drug-likeness (QED) is 0.375. The first-order valence-corrected chi connectivity index (χ1v) is 7.98. The van der Waals surface area contributed by atoms with Gasteiger partial charge in [-0.05, 0) is 18.9 Å². The molecule has 0 aliphatic rings. The van der Waals surface area contributed by atoms with Gasteiger partial charge in [-0.3, -0.25) is 10.2 Å². The van der Waals surface area contributed by atoms with Crippen molar-refractivity contribution in [1.29, 1.82) is 5.41 Å². The summed E-state index contributed by atoms with van der Waals surface area (Å²) in [5.41, 5.74) is 6.46. The third kappa shape index (κ3) is 23.9. The molecule has 0 heterocycles. The van der Waals surface area contributed by atoms with Gasteiger partial charge < -0.3 is 11.1 Å². The van der Waals surface area contributed by atoms with E-state index in [0.717, 1.165) is 25.0 Å². The van der Waals surface area contributed by atoms with Crippen LogP contribution in [0.4, 0.5) is 0 Å². The Bertz CT molecular complexity index is 294. The first kappa shape index (κ1) is 27.7. The van der Waals surface area contributed by atoms with Gasteiger partial charge in [0.1, 0.15) is 5.84 Å². The Balaban J connectivity index is -0.000000212. The first-order chi connectivity index (χ1) is 9.97. The van der Waals surface area contributed by atoms with Gasteiger partial charge in [0, 0.05) is 18.2 Å². The second kappa shape index (κ2) is 23.5.